The molecule has 28 heavy (non-hydrogen) atoms. The topological polar surface area (TPSA) is 55.1 Å². The number of benzene rings is 1. The van der Waals surface area contributed by atoms with E-state index < -0.39 is 0 Å². The molecule has 4 bridgehead atoms. The lowest BCUT2D eigenvalue weighted by atomic mass is 9.41. The van der Waals surface area contributed by atoms with E-state index in [1.165, 1.54) is 18.4 Å². The minimum atomic E-state index is -0.173. The van der Waals surface area contributed by atoms with Crippen LogP contribution in [-0.2, 0) is 10.2 Å². The quantitative estimate of drug-likeness (QED) is 0.763. The van der Waals surface area contributed by atoms with E-state index in [0.717, 1.165) is 44.9 Å². The molecule has 2 unspecified atom stereocenters. The summed E-state index contributed by atoms with van der Waals surface area (Å²) in [7, 11) is 0. The largest absolute Gasteiger partial charge is 0.353 e. The monoisotopic (exact) mass is 378 g/mol. The number of carbonyl (C=O) groups is 1. The molecule has 5 aliphatic carbocycles. The molecule has 0 heterocycles. The van der Waals surface area contributed by atoms with E-state index >= 15 is 0 Å². The van der Waals surface area contributed by atoms with Crippen LogP contribution in [-0.4, -0.2) is 18.0 Å². The summed E-state index contributed by atoms with van der Waals surface area (Å²) in [6, 6.07) is 11.7. The molecular weight excluding hydrogens is 344 g/mol. The summed E-state index contributed by atoms with van der Waals surface area (Å²) in [6.07, 6.45) is 12.1. The van der Waals surface area contributed by atoms with E-state index in [2.05, 4.69) is 48.6 Å². The predicted molar refractivity (Wildman–Crippen MR) is 113 cm³/mol. The van der Waals surface area contributed by atoms with Gasteiger partial charge in [0.25, 0.3) is 0 Å². The van der Waals surface area contributed by atoms with Crippen LogP contribution in [0.5, 0.6) is 0 Å². The fourth-order valence-corrected chi connectivity index (χ4v) is 7.41. The van der Waals surface area contributed by atoms with Crippen LogP contribution in [0.15, 0.2) is 42.0 Å². The zero-order chi connectivity index (χ0) is 19.4. The molecule has 5 fully saturated rings. The minimum Gasteiger partial charge on any atom is -0.353 e. The van der Waals surface area contributed by atoms with E-state index in [1.54, 1.807) is 5.57 Å². The third kappa shape index (κ3) is 2.85. The van der Waals surface area contributed by atoms with Gasteiger partial charge < -0.3 is 11.1 Å². The molecule has 1 aromatic carbocycles. The lowest BCUT2D eigenvalue weighted by Crippen LogP contribution is -2.60. The summed E-state index contributed by atoms with van der Waals surface area (Å²) in [5.74, 6) is 1.51. The zero-order valence-electron chi connectivity index (χ0n) is 17.1. The van der Waals surface area contributed by atoms with Crippen LogP contribution in [0.4, 0.5) is 0 Å². The maximum Gasteiger partial charge on any atom is 0.226 e. The van der Waals surface area contributed by atoms with Crippen molar-refractivity contribution in [3.63, 3.8) is 0 Å². The van der Waals surface area contributed by atoms with Gasteiger partial charge in [-0.15, -0.1) is 0 Å². The van der Waals surface area contributed by atoms with Crippen molar-refractivity contribution in [2.75, 3.05) is 0 Å². The molecule has 1 aromatic rings. The average molecular weight is 379 g/mol. The third-order valence-electron chi connectivity index (χ3n) is 8.48. The van der Waals surface area contributed by atoms with E-state index in [-0.39, 0.29) is 10.8 Å². The summed E-state index contributed by atoms with van der Waals surface area (Å²) in [5, 5.41) is 3.48. The van der Waals surface area contributed by atoms with Crippen molar-refractivity contribution in [3.8, 4) is 0 Å². The Kier molecular flexibility index (Phi) is 4.42. The molecule has 150 valence electrons. The van der Waals surface area contributed by atoms with Crippen molar-refractivity contribution < 1.29 is 4.79 Å². The second-order valence-corrected chi connectivity index (χ2v) is 10.2. The Balaban J connectivity index is 1.44. The Morgan fingerprint density at radius 1 is 1.04 bits per heavy atom. The molecule has 0 aromatic heterocycles. The number of nitrogens with two attached hydrogens (primary N) is 1. The molecule has 0 radical (unpaired) electrons. The molecule has 3 heteroatoms. The van der Waals surface area contributed by atoms with Crippen LogP contribution in [0.1, 0.15) is 70.3 Å². The van der Waals surface area contributed by atoms with E-state index in [0.29, 0.717) is 29.8 Å². The highest BCUT2D eigenvalue weighted by Gasteiger charge is 2.62. The first kappa shape index (κ1) is 18.4. The van der Waals surface area contributed by atoms with Gasteiger partial charge in [0, 0.05) is 12.1 Å². The van der Waals surface area contributed by atoms with Gasteiger partial charge in [-0.05, 0) is 87.5 Å². The summed E-state index contributed by atoms with van der Waals surface area (Å²) in [4.78, 5) is 13.7. The van der Waals surface area contributed by atoms with Crippen LogP contribution < -0.4 is 11.1 Å². The Morgan fingerprint density at radius 3 is 2.29 bits per heavy atom. The standard InChI is InChI=1S/C25H34N2O/c1-2-22-17-12-24(19-6-4-3-5-7-19)13-18(22)15-25(14-17,16-24)23(28)27-21-10-8-20(26)9-11-21/h2-7,17-18,20-21H,8-16,26H2,1H3,(H,27,28)/t17?,18?,20-,21-,24?,25?. The zero-order valence-corrected chi connectivity index (χ0v) is 17.1. The molecule has 6 rings (SSSR count). The second kappa shape index (κ2) is 6.73. The van der Waals surface area contributed by atoms with Crippen molar-refractivity contribution in [3.05, 3.63) is 47.5 Å². The van der Waals surface area contributed by atoms with Crippen LogP contribution >= 0.6 is 0 Å². The van der Waals surface area contributed by atoms with Crippen molar-refractivity contribution in [2.24, 2.45) is 23.0 Å². The number of amides is 1. The highest BCUT2D eigenvalue weighted by molar-refractivity contribution is 5.84. The van der Waals surface area contributed by atoms with Gasteiger partial charge in [-0.1, -0.05) is 42.0 Å². The summed E-state index contributed by atoms with van der Waals surface area (Å²) < 4.78 is 0. The van der Waals surface area contributed by atoms with Gasteiger partial charge in [-0.25, -0.2) is 0 Å². The van der Waals surface area contributed by atoms with Gasteiger partial charge in [0.05, 0.1) is 5.41 Å². The minimum absolute atomic E-state index is 0.173. The van der Waals surface area contributed by atoms with Crippen molar-refractivity contribution in [1.82, 2.24) is 5.32 Å². The highest BCUT2D eigenvalue weighted by atomic mass is 16.2. The van der Waals surface area contributed by atoms with Crippen LogP contribution in [0.3, 0.4) is 0 Å². The molecule has 3 N–H and O–H groups in total. The Bertz CT molecular complexity index is 757. The van der Waals surface area contributed by atoms with Gasteiger partial charge >= 0.3 is 0 Å². The number of allylic oxidation sites excluding steroid dienone is 2. The SMILES string of the molecule is CC=C1C2CC3(C(=O)N[C@H]4CC[C@H](N)CC4)CC1CC(c1ccccc1)(C2)C3. The van der Waals surface area contributed by atoms with Crippen LogP contribution in [0.2, 0.25) is 0 Å². The summed E-state index contributed by atoms with van der Waals surface area (Å²) >= 11 is 0. The van der Waals surface area contributed by atoms with Crippen LogP contribution in [0, 0.1) is 17.3 Å². The van der Waals surface area contributed by atoms with Gasteiger partial charge in [-0.2, -0.15) is 0 Å². The Labute approximate surface area is 169 Å². The van der Waals surface area contributed by atoms with Gasteiger partial charge in [0.1, 0.15) is 0 Å². The lowest BCUT2D eigenvalue weighted by Gasteiger charge is -2.62. The molecule has 0 saturated heterocycles. The van der Waals surface area contributed by atoms with E-state index in [1.807, 2.05) is 0 Å². The predicted octanol–water partition coefficient (Wildman–Crippen LogP) is 4.47. The number of carbonyl (C=O) groups excluding carboxylic acids is 1. The normalized spacial score (nSPS) is 41.7. The first-order valence-corrected chi connectivity index (χ1v) is 11.3. The third-order valence-corrected chi connectivity index (χ3v) is 8.48. The van der Waals surface area contributed by atoms with E-state index in [9.17, 15) is 4.79 Å². The number of rotatable bonds is 3. The van der Waals surface area contributed by atoms with Crippen molar-refractivity contribution in [1.29, 1.82) is 0 Å². The summed E-state index contributed by atoms with van der Waals surface area (Å²) in [6.45, 7) is 2.20. The highest BCUT2D eigenvalue weighted by Crippen LogP contribution is 2.67. The molecule has 5 saturated carbocycles. The molecular formula is C25H34N2O. The molecule has 2 atom stereocenters. The van der Waals surface area contributed by atoms with Gasteiger partial charge in [-0.3, -0.25) is 4.79 Å². The molecule has 3 nitrogen and oxygen atoms in total. The lowest BCUT2D eigenvalue weighted by molar-refractivity contribution is -0.145. The van der Waals surface area contributed by atoms with Crippen molar-refractivity contribution >= 4 is 5.91 Å². The summed E-state index contributed by atoms with van der Waals surface area (Å²) in [5.41, 5.74) is 9.18. The molecule has 0 spiro atoms. The maximum absolute atomic E-state index is 13.7. The van der Waals surface area contributed by atoms with Gasteiger partial charge in [0.2, 0.25) is 5.91 Å². The molecule has 1 amide bonds. The fourth-order valence-electron chi connectivity index (χ4n) is 7.41. The maximum atomic E-state index is 13.7. The fraction of sp³-hybridized carbons (Fsp3) is 0.640. The number of nitrogens with one attached hydrogen (secondary N) is 1. The first-order chi connectivity index (χ1) is 13.5. The second-order valence-electron chi connectivity index (χ2n) is 10.2. The molecule has 0 aliphatic heterocycles. The van der Waals surface area contributed by atoms with E-state index in [4.69, 9.17) is 5.73 Å². The van der Waals surface area contributed by atoms with Crippen molar-refractivity contribution in [2.45, 2.75) is 82.2 Å². The number of hydrogen-bond donors (Lipinski definition) is 2. The number of hydrogen-bond acceptors (Lipinski definition) is 2. The van der Waals surface area contributed by atoms with Crippen LogP contribution in [0.25, 0.3) is 0 Å². The Morgan fingerprint density at radius 2 is 1.68 bits per heavy atom. The Hall–Kier alpha value is -1.61. The average Bonchev–Trinajstić information content (AvgIpc) is 2.70. The smallest absolute Gasteiger partial charge is 0.226 e. The van der Waals surface area contributed by atoms with Gasteiger partial charge in [0.15, 0.2) is 0 Å². The first-order valence-electron chi connectivity index (χ1n) is 11.3. The molecule has 5 aliphatic rings.